The quantitative estimate of drug-likeness (QED) is 0.878. The van der Waals surface area contributed by atoms with Gasteiger partial charge < -0.3 is 11.1 Å². The molecular weight excluding hydrogens is 272 g/mol. The lowest BCUT2D eigenvalue weighted by molar-refractivity contribution is -0.122. The summed E-state index contributed by atoms with van der Waals surface area (Å²) in [4.78, 5) is 12.1. The Balaban J connectivity index is 0.00000200. The maximum atomic E-state index is 12.1. The smallest absolute Gasteiger partial charge is 0.220 e. The van der Waals surface area contributed by atoms with E-state index in [2.05, 4.69) is 30.4 Å². The van der Waals surface area contributed by atoms with Gasteiger partial charge in [-0.1, -0.05) is 42.7 Å². The van der Waals surface area contributed by atoms with Gasteiger partial charge in [0.1, 0.15) is 0 Å². The van der Waals surface area contributed by atoms with E-state index in [9.17, 15) is 4.79 Å². The molecule has 0 spiro atoms. The maximum Gasteiger partial charge on any atom is 0.220 e. The molecule has 3 N–H and O–H groups in total. The van der Waals surface area contributed by atoms with E-state index < -0.39 is 0 Å². The number of benzene rings is 1. The second-order valence-electron chi connectivity index (χ2n) is 5.73. The van der Waals surface area contributed by atoms with Crippen LogP contribution in [-0.4, -0.2) is 18.0 Å². The molecule has 0 saturated heterocycles. The number of nitrogens with two attached hydrogens (primary N) is 1. The molecule has 0 bridgehead atoms. The van der Waals surface area contributed by atoms with Gasteiger partial charge in [-0.05, 0) is 31.7 Å². The van der Waals surface area contributed by atoms with Gasteiger partial charge in [-0.2, -0.15) is 0 Å². The van der Waals surface area contributed by atoms with E-state index in [0.29, 0.717) is 13.0 Å². The van der Waals surface area contributed by atoms with Crippen LogP contribution in [0.15, 0.2) is 24.3 Å². The van der Waals surface area contributed by atoms with Crippen LogP contribution in [0.4, 0.5) is 0 Å². The van der Waals surface area contributed by atoms with Crippen LogP contribution in [0.2, 0.25) is 0 Å². The van der Waals surface area contributed by atoms with Gasteiger partial charge in [0.05, 0.1) is 5.54 Å². The minimum atomic E-state index is -0.121. The molecule has 1 aliphatic carbocycles. The van der Waals surface area contributed by atoms with Gasteiger partial charge in [-0.15, -0.1) is 12.4 Å². The van der Waals surface area contributed by atoms with Crippen molar-refractivity contribution >= 4 is 18.3 Å². The zero-order chi connectivity index (χ0) is 13.7. The van der Waals surface area contributed by atoms with Crippen molar-refractivity contribution in [2.75, 3.05) is 6.54 Å². The number of amides is 1. The van der Waals surface area contributed by atoms with Crippen molar-refractivity contribution < 1.29 is 4.79 Å². The van der Waals surface area contributed by atoms with Crippen LogP contribution >= 0.6 is 12.4 Å². The van der Waals surface area contributed by atoms with Crippen LogP contribution in [0.3, 0.4) is 0 Å². The highest BCUT2D eigenvalue weighted by molar-refractivity contribution is 5.85. The van der Waals surface area contributed by atoms with Crippen molar-refractivity contribution in [2.45, 2.75) is 51.0 Å². The average Bonchev–Trinajstić information content (AvgIpc) is 2.86. The molecule has 1 aliphatic rings. The summed E-state index contributed by atoms with van der Waals surface area (Å²) in [6, 6.07) is 8.34. The highest BCUT2D eigenvalue weighted by Gasteiger charge is 2.33. The summed E-state index contributed by atoms with van der Waals surface area (Å²) in [6.07, 6.45) is 5.75. The zero-order valence-electron chi connectivity index (χ0n) is 12.2. The molecule has 0 aromatic heterocycles. The van der Waals surface area contributed by atoms with Crippen LogP contribution in [-0.2, 0) is 11.2 Å². The summed E-state index contributed by atoms with van der Waals surface area (Å²) < 4.78 is 0. The number of halogens is 1. The Kier molecular flexibility index (Phi) is 6.50. The first kappa shape index (κ1) is 17.0. The summed E-state index contributed by atoms with van der Waals surface area (Å²) >= 11 is 0. The van der Waals surface area contributed by atoms with Crippen molar-refractivity contribution in [2.24, 2.45) is 5.73 Å². The first-order valence-corrected chi connectivity index (χ1v) is 7.20. The third kappa shape index (κ3) is 4.50. The van der Waals surface area contributed by atoms with E-state index >= 15 is 0 Å². The molecule has 1 saturated carbocycles. The van der Waals surface area contributed by atoms with Crippen molar-refractivity contribution in [1.82, 2.24) is 5.32 Å². The SMILES string of the molecule is Cc1cccc(CCC(=O)NC2(CN)CCCC2)c1.Cl. The molecule has 20 heavy (non-hydrogen) atoms. The first-order chi connectivity index (χ1) is 9.13. The predicted octanol–water partition coefficient (Wildman–Crippen LogP) is 2.74. The molecule has 1 aromatic rings. The molecule has 3 nitrogen and oxygen atoms in total. The molecule has 0 aliphatic heterocycles. The third-order valence-electron chi connectivity index (χ3n) is 4.08. The Hall–Kier alpha value is -1.06. The summed E-state index contributed by atoms with van der Waals surface area (Å²) in [7, 11) is 0. The van der Waals surface area contributed by atoms with Crippen LogP contribution < -0.4 is 11.1 Å². The normalized spacial score (nSPS) is 16.5. The lowest BCUT2D eigenvalue weighted by Crippen LogP contribution is -2.51. The molecule has 0 unspecified atom stereocenters. The summed E-state index contributed by atoms with van der Waals surface area (Å²) in [5, 5.41) is 3.16. The number of carbonyl (C=O) groups excluding carboxylic acids is 1. The molecule has 1 aromatic carbocycles. The van der Waals surface area contributed by atoms with E-state index in [1.165, 1.54) is 24.0 Å². The second-order valence-corrected chi connectivity index (χ2v) is 5.73. The van der Waals surface area contributed by atoms with Gasteiger partial charge in [0.15, 0.2) is 0 Å². The molecule has 4 heteroatoms. The topological polar surface area (TPSA) is 55.1 Å². The fourth-order valence-electron chi connectivity index (χ4n) is 2.92. The Bertz CT molecular complexity index is 442. The van der Waals surface area contributed by atoms with E-state index in [-0.39, 0.29) is 23.9 Å². The van der Waals surface area contributed by atoms with Crippen molar-refractivity contribution in [3.8, 4) is 0 Å². The van der Waals surface area contributed by atoms with E-state index in [4.69, 9.17) is 5.73 Å². The molecule has 1 amide bonds. The number of carbonyl (C=O) groups is 1. The number of hydrogen-bond acceptors (Lipinski definition) is 2. The second kappa shape index (κ2) is 7.65. The molecule has 0 heterocycles. The Morgan fingerprint density at radius 1 is 1.35 bits per heavy atom. The fourth-order valence-corrected chi connectivity index (χ4v) is 2.92. The fraction of sp³-hybridized carbons (Fsp3) is 0.562. The van der Waals surface area contributed by atoms with E-state index in [1.54, 1.807) is 0 Å². The molecule has 2 rings (SSSR count). The zero-order valence-corrected chi connectivity index (χ0v) is 13.0. The van der Waals surface area contributed by atoms with Gasteiger partial charge in [-0.25, -0.2) is 0 Å². The van der Waals surface area contributed by atoms with Crippen LogP contribution in [0.1, 0.15) is 43.2 Å². The Morgan fingerprint density at radius 3 is 2.65 bits per heavy atom. The highest BCUT2D eigenvalue weighted by atomic mass is 35.5. The molecule has 0 radical (unpaired) electrons. The minimum Gasteiger partial charge on any atom is -0.349 e. The van der Waals surface area contributed by atoms with Gasteiger partial charge in [0.2, 0.25) is 5.91 Å². The Morgan fingerprint density at radius 2 is 2.05 bits per heavy atom. The summed E-state index contributed by atoms with van der Waals surface area (Å²) in [6.45, 7) is 2.63. The van der Waals surface area contributed by atoms with Crippen molar-refractivity contribution in [3.05, 3.63) is 35.4 Å². The lowest BCUT2D eigenvalue weighted by Gasteiger charge is -2.28. The van der Waals surface area contributed by atoms with Crippen molar-refractivity contribution in [1.29, 1.82) is 0 Å². The Labute approximate surface area is 127 Å². The lowest BCUT2D eigenvalue weighted by atomic mass is 9.97. The van der Waals surface area contributed by atoms with Gasteiger partial charge in [0.25, 0.3) is 0 Å². The number of nitrogens with one attached hydrogen (secondary N) is 1. The van der Waals surface area contributed by atoms with Crippen LogP contribution in [0, 0.1) is 6.92 Å². The molecule has 112 valence electrons. The monoisotopic (exact) mass is 296 g/mol. The number of rotatable bonds is 5. The van der Waals surface area contributed by atoms with Gasteiger partial charge in [-0.3, -0.25) is 4.79 Å². The summed E-state index contributed by atoms with van der Waals surface area (Å²) in [5.74, 6) is 0.133. The average molecular weight is 297 g/mol. The van der Waals surface area contributed by atoms with Gasteiger partial charge >= 0.3 is 0 Å². The number of hydrogen-bond donors (Lipinski definition) is 2. The highest BCUT2D eigenvalue weighted by Crippen LogP contribution is 2.28. The van der Waals surface area contributed by atoms with Crippen LogP contribution in [0.25, 0.3) is 0 Å². The maximum absolute atomic E-state index is 12.1. The number of aryl methyl sites for hydroxylation is 2. The molecular formula is C16H25ClN2O. The van der Waals surface area contributed by atoms with Crippen LogP contribution in [0.5, 0.6) is 0 Å². The standard InChI is InChI=1S/C16H24N2O.ClH/c1-13-5-4-6-14(11-13)7-8-15(19)18-16(12-17)9-2-3-10-16;/h4-6,11H,2-3,7-10,12,17H2,1H3,(H,18,19);1H. The van der Waals surface area contributed by atoms with E-state index in [1.807, 2.05) is 6.07 Å². The third-order valence-corrected chi connectivity index (χ3v) is 4.08. The van der Waals surface area contributed by atoms with E-state index in [0.717, 1.165) is 19.3 Å². The molecule has 1 fully saturated rings. The molecule has 0 atom stereocenters. The largest absolute Gasteiger partial charge is 0.349 e. The predicted molar refractivity (Wildman–Crippen MR) is 85.1 cm³/mol. The first-order valence-electron chi connectivity index (χ1n) is 7.20. The van der Waals surface area contributed by atoms with Gasteiger partial charge in [0, 0.05) is 13.0 Å². The summed E-state index contributed by atoms with van der Waals surface area (Å²) in [5.41, 5.74) is 8.18. The minimum absolute atomic E-state index is 0. The van der Waals surface area contributed by atoms with Crippen molar-refractivity contribution in [3.63, 3.8) is 0 Å².